The Kier molecular flexibility index (Phi) is 6.93. The highest BCUT2D eigenvalue weighted by atomic mass is 16.2. The molecule has 0 aliphatic rings. The first-order chi connectivity index (χ1) is 13.2. The van der Waals surface area contributed by atoms with Crippen molar-refractivity contribution in [2.45, 2.75) is 41.0 Å². The molecular formula is C22H27N3O3. The molecule has 0 saturated heterocycles. The third kappa shape index (κ3) is 5.67. The first-order valence-electron chi connectivity index (χ1n) is 9.21. The van der Waals surface area contributed by atoms with Gasteiger partial charge >= 0.3 is 0 Å². The molecule has 148 valence electrons. The number of anilines is 3. The van der Waals surface area contributed by atoms with Crippen LogP contribution in [0.25, 0.3) is 0 Å². The summed E-state index contributed by atoms with van der Waals surface area (Å²) in [6, 6.07) is 11.1. The van der Waals surface area contributed by atoms with Crippen LogP contribution < -0.4 is 15.5 Å². The van der Waals surface area contributed by atoms with Gasteiger partial charge in [-0.3, -0.25) is 14.4 Å². The van der Waals surface area contributed by atoms with E-state index >= 15 is 0 Å². The highest BCUT2D eigenvalue weighted by Crippen LogP contribution is 2.23. The molecule has 0 heterocycles. The van der Waals surface area contributed by atoms with E-state index in [2.05, 4.69) is 10.6 Å². The number of benzene rings is 2. The van der Waals surface area contributed by atoms with Crippen LogP contribution >= 0.6 is 0 Å². The van der Waals surface area contributed by atoms with Gasteiger partial charge in [0.05, 0.1) is 0 Å². The van der Waals surface area contributed by atoms with E-state index in [-0.39, 0.29) is 30.7 Å². The molecule has 2 aromatic carbocycles. The Bertz CT molecular complexity index is 883. The van der Waals surface area contributed by atoms with Crippen molar-refractivity contribution in [1.29, 1.82) is 0 Å². The molecule has 0 aliphatic carbocycles. The maximum atomic E-state index is 12.5. The van der Waals surface area contributed by atoms with Gasteiger partial charge in [0.15, 0.2) is 0 Å². The molecule has 0 fully saturated rings. The van der Waals surface area contributed by atoms with Gasteiger partial charge in [0.25, 0.3) is 0 Å². The van der Waals surface area contributed by atoms with E-state index in [0.717, 1.165) is 22.4 Å². The van der Waals surface area contributed by atoms with Crippen LogP contribution in [-0.2, 0) is 14.4 Å². The zero-order valence-corrected chi connectivity index (χ0v) is 17.1. The molecular weight excluding hydrogens is 354 g/mol. The standard InChI is InChI=1S/C22H27N3O3/c1-14-11-15(2)22(16(3)12-14)24-21(28)9-10-25(18(5)27)20-8-6-7-19(13-20)23-17(4)26/h6-8,11-13H,9-10H2,1-5H3,(H,23,26)(H,24,28). The SMILES string of the molecule is CC(=O)Nc1cccc(N(CCC(=O)Nc2c(C)cc(C)cc2C)C(C)=O)c1. The third-order valence-electron chi connectivity index (χ3n) is 4.36. The fraction of sp³-hybridized carbons (Fsp3) is 0.318. The van der Waals surface area contributed by atoms with Crippen LogP contribution in [0.1, 0.15) is 37.0 Å². The van der Waals surface area contributed by atoms with Crippen molar-refractivity contribution in [3.8, 4) is 0 Å². The van der Waals surface area contributed by atoms with E-state index in [0.29, 0.717) is 11.4 Å². The zero-order chi connectivity index (χ0) is 20.8. The topological polar surface area (TPSA) is 78.5 Å². The molecule has 2 rings (SSSR count). The molecule has 6 nitrogen and oxygen atoms in total. The first kappa shape index (κ1) is 21.2. The fourth-order valence-corrected chi connectivity index (χ4v) is 3.22. The first-order valence-corrected chi connectivity index (χ1v) is 9.21. The number of carbonyl (C=O) groups excluding carboxylic acids is 3. The molecule has 2 N–H and O–H groups in total. The van der Waals surface area contributed by atoms with Crippen LogP contribution in [0.5, 0.6) is 0 Å². The van der Waals surface area contributed by atoms with Gasteiger partial charge in [-0.15, -0.1) is 0 Å². The van der Waals surface area contributed by atoms with Crippen LogP contribution in [0.15, 0.2) is 36.4 Å². The number of carbonyl (C=O) groups is 3. The quantitative estimate of drug-likeness (QED) is 0.795. The summed E-state index contributed by atoms with van der Waals surface area (Å²) in [5.74, 6) is -0.510. The molecule has 0 aliphatic heterocycles. The Hall–Kier alpha value is -3.15. The molecule has 0 spiro atoms. The van der Waals surface area contributed by atoms with Crippen molar-refractivity contribution in [1.82, 2.24) is 0 Å². The smallest absolute Gasteiger partial charge is 0.226 e. The average Bonchev–Trinajstić information content (AvgIpc) is 2.57. The van der Waals surface area contributed by atoms with E-state index in [4.69, 9.17) is 0 Å². The lowest BCUT2D eigenvalue weighted by atomic mass is 10.0. The molecule has 0 aromatic heterocycles. The highest BCUT2D eigenvalue weighted by Gasteiger charge is 2.15. The Morgan fingerprint density at radius 3 is 2.14 bits per heavy atom. The lowest BCUT2D eigenvalue weighted by Gasteiger charge is -2.22. The Morgan fingerprint density at radius 1 is 0.929 bits per heavy atom. The van der Waals surface area contributed by atoms with E-state index in [1.165, 1.54) is 18.7 Å². The molecule has 28 heavy (non-hydrogen) atoms. The number of nitrogens with one attached hydrogen (secondary N) is 2. The van der Waals surface area contributed by atoms with Gasteiger partial charge < -0.3 is 15.5 Å². The lowest BCUT2D eigenvalue weighted by molar-refractivity contribution is -0.117. The van der Waals surface area contributed by atoms with Gasteiger partial charge in [-0.05, 0) is 50.1 Å². The summed E-state index contributed by atoms with van der Waals surface area (Å²) >= 11 is 0. The van der Waals surface area contributed by atoms with Gasteiger partial charge in [0, 0.05) is 43.9 Å². The van der Waals surface area contributed by atoms with Crippen molar-refractivity contribution in [3.05, 3.63) is 53.1 Å². The fourth-order valence-electron chi connectivity index (χ4n) is 3.22. The van der Waals surface area contributed by atoms with Crippen LogP contribution in [0.2, 0.25) is 0 Å². The summed E-state index contributed by atoms with van der Waals surface area (Å²) in [4.78, 5) is 37.3. The highest BCUT2D eigenvalue weighted by molar-refractivity contribution is 5.96. The van der Waals surface area contributed by atoms with E-state index in [1.54, 1.807) is 24.3 Å². The van der Waals surface area contributed by atoms with Crippen molar-refractivity contribution in [3.63, 3.8) is 0 Å². The largest absolute Gasteiger partial charge is 0.326 e. The zero-order valence-electron chi connectivity index (χ0n) is 17.1. The maximum Gasteiger partial charge on any atom is 0.226 e. The molecule has 6 heteroatoms. The van der Waals surface area contributed by atoms with Crippen molar-refractivity contribution in [2.24, 2.45) is 0 Å². The van der Waals surface area contributed by atoms with E-state index in [1.807, 2.05) is 32.9 Å². The van der Waals surface area contributed by atoms with Gasteiger partial charge in [-0.2, -0.15) is 0 Å². The average molecular weight is 381 g/mol. The number of nitrogens with zero attached hydrogens (tertiary/aromatic N) is 1. The Morgan fingerprint density at radius 2 is 1.57 bits per heavy atom. The van der Waals surface area contributed by atoms with E-state index < -0.39 is 0 Å². The lowest BCUT2D eigenvalue weighted by Crippen LogP contribution is -2.32. The number of hydrogen-bond donors (Lipinski definition) is 2. The number of rotatable bonds is 6. The monoisotopic (exact) mass is 381 g/mol. The van der Waals surface area contributed by atoms with Gasteiger partial charge in [-0.25, -0.2) is 0 Å². The normalized spacial score (nSPS) is 10.3. The summed E-state index contributed by atoms with van der Waals surface area (Å²) in [6.07, 6.45) is 0.163. The molecule has 0 unspecified atom stereocenters. The number of amides is 3. The van der Waals surface area contributed by atoms with Gasteiger partial charge in [0.2, 0.25) is 17.7 Å². The van der Waals surface area contributed by atoms with E-state index in [9.17, 15) is 14.4 Å². The minimum atomic E-state index is -0.185. The van der Waals surface area contributed by atoms with Gasteiger partial charge in [-0.1, -0.05) is 23.8 Å². The second-order valence-electron chi connectivity index (χ2n) is 6.97. The number of aryl methyl sites for hydroxylation is 3. The summed E-state index contributed by atoms with van der Waals surface area (Å²) in [7, 11) is 0. The maximum absolute atomic E-state index is 12.5. The van der Waals surface area contributed by atoms with Crippen molar-refractivity contribution in [2.75, 3.05) is 22.1 Å². The summed E-state index contributed by atoms with van der Waals surface area (Å²) in [5.41, 5.74) is 5.22. The third-order valence-corrected chi connectivity index (χ3v) is 4.36. The van der Waals surface area contributed by atoms with Crippen molar-refractivity contribution < 1.29 is 14.4 Å². The Labute approximate surface area is 165 Å². The summed E-state index contributed by atoms with van der Waals surface area (Å²) < 4.78 is 0. The summed E-state index contributed by atoms with van der Waals surface area (Å²) in [5, 5.41) is 5.65. The second-order valence-corrected chi connectivity index (χ2v) is 6.97. The minimum absolute atomic E-state index is 0.153. The molecule has 2 aromatic rings. The number of hydrogen-bond acceptors (Lipinski definition) is 3. The van der Waals surface area contributed by atoms with Gasteiger partial charge in [0.1, 0.15) is 0 Å². The van der Waals surface area contributed by atoms with Crippen LogP contribution in [0.3, 0.4) is 0 Å². The summed E-state index contributed by atoms with van der Waals surface area (Å²) in [6.45, 7) is 9.07. The molecule has 0 saturated carbocycles. The van der Waals surface area contributed by atoms with Crippen LogP contribution in [-0.4, -0.2) is 24.3 Å². The molecule has 3 amide bonds. The second kappa shape index (κ2) is 9.17. The molecule has 0 radical (unpaired) electrons. The Balaban J connectivity index is 2.09. The minimum Gasteiger partial charge on any atom is -0.326 e. The molecule has 0 bridgehead atoms. The van der Waals surface area contributed by atoms with Crippen LogP contribution in [0, 0.1) is 20.8 Å². The van der Waals surface area contributed by atoms with Crippen molar-refractivity contribution >= 4 is 34.8 Å². The predicted molar refractivity (Wildman–Crippen MR) is 113 cm³/mol. The predicted octanol–water partition coefficient (Wildman–Crippen LogP) is 3.95. The van der Waals surface area contributed by atoms with Crippen LogP contribution in [0.4, 0.5) is 17.1 Å². The molecule has 0 atom stereocenters.